The van der Waals surface area contributed by atoms with E-state index in [-0.39, 0.29) is 17.0 Å². The minimum atomic E-state index is 0. The number of benzene rings is 1. The second kappa shape index (κ2) is 8.01. The summed E-state index contributed by atoms with van der Waals surface area (Å²) in [6.07, 6.45) is 2.39. The number of halogens is 3. The molecular weight excluding hydrogens is 360 g/mol. The van der Waals surface area contributed by atoms with Crippen molar-refractivity contribution in [1.29, 1.82) is 0 Å². The Hall–Kier alpha value is 0.660. The van der Waals surface area contributed by atoms with Gasteiger partial charge in [0.15, 0.2) is 0 Å². The smallest absolute Gasteiger partial charge is 0.0283 e. The molecule has 74 valence electrons. The van der Waals surface area contributed by atoms with E-state index in [1.807, 2.05) is 0 Å². The van der Waals surface area contributed by atoms with E-state index >= 15 is 0 Å². The Balaban J connectivity index is 0.00000144. The van der Waals surface area contributed by atoms with Gasteiger partial charge in [-0.05, 0) is 24.0 Å². The van der Waals surface area contributed by atoms with Gasteiger partial charge in [-0.15, -0.1) is 17.0 Å². The first-order chi connectivity index (χ1) is 5.86. The Morgan fingerprint density at radius 2 is 1.46 bits per heavy atom. The first-order valence-corrected chi connectivity index (χ1v) is 6.31. The monoisotopic (exact) mass is 370 g/mol. The van der Waals surface area contributed by atoms with Crippen LogP contribution in [0.15, 0.2) is 24.3 Å². The highest BCUT2D eigenvalue weighted by molar-refractivity contribution is 9.09. The predicted octanol–water partition coefficient (Wildman–Crippen LogP) is 4.49. The minimum Gasteiger partial charge on any atom is -0.114 e. The Morgan fingerprint density at radius 3 is 1.92 bits per heavy atom. The Morgan fingerprint density at radius 1 is 0.923 bits per heavy atom. The molecule has 0 aromatic heterocycles. The zero-order valence-electron chi connectivity index (χ0n) is 7.30. The molecule has 13 heavy (non-hydrogen) atoms. The van der Waals surface area contributed by atoms with Crippen LogP contribution < -0.4 is 0 Å². The van der Waals surface area contributed by atoms with Crippen LogP contribution >= 0.6 is 48.8 Å². The molecule has 0 bridgehead atoms. The molecule has 0 fully saturated rings. The molecule has 0 amide bonds. The van der Waals surface area contributed by atoms with Crippen molar-refractivity contribution in [1.82, 2.24) is 0 Å². The highest BCUT2D eigenvalue weighted by Gasteiger charge is 1.92. The van der Waals surface area contributed by atoms with Crippen molar-refractivity contribution in [3.8, 4) is 0 Å². The van der Waals surface area contributed by atoms with Crippen LogP contribution in [0.5, 0.6) is 0 Å². The predicted molar refractivity (Wildman–Crippen MR) is 71.5 cm³/mol. The van der Waals surface area contributed by atoms with Crippen LogP contribution in [-0.4, -0.2) is 5.33 Å². The molecule has 0 saturated heterocycles. The molecule has 0 aliphatic rings. The van der Waals surface area contributed by atoms with E-state index in [0.29, 0.717) is 0 Å². The van der Waals surface area contributed by atoms with E-state index in [2.05, 4.69) is 56.1 Å². The number of rotatable bonds is 4. The van der Waals surface area contributed by atoms with Gasteiger partial charge in [-0.2, -0.15) is 0 Å². The van der Waals surface area contributed by atoms with Crippen LogP contribution in [0.1, 0.15) is 17.5 Å². The van der Waals surface area contributed by atoms with Gasteiger partial charge >= 0.3 is 0 Å². The van der Waals surface area contributed by atoms with E-state index in [9.17, 15) is 0 Å². The lowest BCUT2D eigenvalue weighted by Crippen LogP contribution is -1.86. The van der Waals surface area contributed by atoms with Crippen molar-refractivity contribution < 1.29 is 0 Å². The van der Waals surface area contributed by atoms with Crippen molar-refractivity contribution in [3.05, 3.63) is 35.4 Å². The number of hydrogen-bond acceptors (Lipinski definition) is 0. The maximum atomic E-state index is 3.43. The third-order valence-electron chi connectivity index (χ3n) is 1.78. The molecule has 1 rings (SSSR count). The maximum absolute atomic E-state index is 3.43. The summed E-state index contributed by atoms with van der Waals surface area (Å²) in [4.78, 5) is 0. The van der Waals surface area contributed by atoms with E-state index in [4.69, 9.17) is 0 Å². The van der Waals surface area contributed by atoms with Gasteiger partial charge in [-0.3, -0.25) is 0 Å². The zero-order valence-corrected chi connectivity index (χ0v) is 12.2. The van der Waals surface area contributed by atoms with Crippen LogP contribution in [-0.2, 0) is 11.8 Å². The fraction of sp³-hybridized carbons (Fsp3) is 0.400. The average molecular weight is 373 g/mol. The molecule has 0 spiro atoms. The Bertz CT molecular complexity index is 218. The average Bonchev–Trinajstić information content (AvgIpc) is 2.15. The van der Waals surface area contributed by atoms with Crippen molar-refractivity contribution in [3.63, 3.8) is 0 Å². The molecule has 0 radical (unpaired) electrons. The van der Waals surface area contributed by atoms with Crippen molar-refractivity contribution >= 4 is 48.8 Å². The third-order valence-corrected chi connectivity index (χ3v) is 2.98. The van der Waals surface area contributed by atoms with Crippen molar-refractivity contribution in [2.75, 3.05) is 5.33 Å². The van der Waals surface area contributed by atoms with E-state index in [1.165, 1.54) is 24.0 Å². The highest BCUT2D eigenvalue weighted by atomic mass is 79.9. The number of aryl methyl sites for hydroxylation is 1. The largest absolute Gasteiger partial charge is 0.114 e. The van der Waals surface area contributed by atoms with Gasteiger partial charge in [-0.1, -0.05) is 56.1 Å². The summed E-state index contributed by atoms with van der Waals surface area (Å²) in [6.45, 7) is 0. The van der Waals surface area contributed by atoms with Crippen LogP contribution in [0.3, 0.4) is 0 Å². The van der Waals surface area contributed by atoms with Crippen LogP contribution in [0.25, 0.3) is 0 Å². The first kappa shape index (κ1) is 13.7. The molecule has 0 nitrogen and oxygen atoms in total. The van der Waals surface area contributed by atoms with Gasteiger partial charge in [0.1, 0.15) is 0 Å². The molecule has 0 aliphatic heterocycles. The van der Waals surface area contributed by atoms with E-state index < -0.39 is 0 Å². The summed E-state index contributed by atoms with van der Waals surface area (Å²) in [7, 11) is 0. The van der Waals surface area contributed by atoms with Gasteiger partial charge in [0, 0.05) is 10.7 Å². The molecule has 0 N–H and O–H groups in total. The highest BCUT2D eigenvalue weighted by Crippen LogP contribution is 2.09. The molecule has 1 aromatic rings. The molecule has 0 aliphatic carbocycles. The summed E-state index contributed by atoms with van der Waals surface area (Å²) < 4.78 is 0. The second-order valence-corrected chi connectivity index (χ2v) is 4.10. The van der Waals surface area contributed by atoms with Gasteiger partial charge in [0.05, 0.1) is 0 Å². The normalized spacial score (nSPS) is 9.38. The van der Waals surface area contributed by atoms with E-state index in [0.717, 1.165) is 10.7 Å². The quantitative estimate of drug-likeness (QED) is 0.683. The number of alkyl halides is 2. The third kappa shape index (κ3) is 5.18. The number of hydrogen-bond donors (Lipinski definition) is 0. The van der Waals surface area contributed by atoms with Crippen molar-refractivity contribution in [2.45, 2.75) is 18.2 Å². The lowest BCUT2D eigenvalue weighted by atomic mass is 10.1. The lowest BCUT2D eigenvalue weighted by Gasteiger charge is -2.00. The van der Waals surface area contributed by atoms with Gasteiger partial charge < -0.3 is 0 Å². The summed E-state index contributed by atoms with van der Waals surface area (Å²) in [6, 6.07) is 8.77. The second-order valence-electron chi connectivity index (χ2n) is 2.74. The van der Waals surface area contributed by atoms with Crippen LogP contribution in [0.2, 0.25) is 0 Å². The molecule has 0 saturated carbocycles. The summed E-state index contributed by atoms with van der Waals surface area (Å²) in [5, 5.41) is 2.04. The fourth-order valence-electron chi connectivity index (χ4n) is 1.07. The molecule has 1 aromatic carbocycles. The lowest BCUT2D eigenvalue weighted by molar-refractivity contribution is 0.938. The SMILES string of the molecule is Br.BrCCCc1ccc(CBr)cc1. The van der Waals surface area contributed by atoms with Gasteiger partial charge in [-0.25, -0.2) is 0 Å². The summed E-state index contributed by atoms with van der Waals surface area (Å²) in [5.74, 6) is 0. The maximum Gasteiger partial charge on any atom is 0.0283 e. The summed E-state index contributed by atoms with van der Waals surface area (Å²) >= 11 is 6.85. The van der Waals surface area contributed by atoms with E-state index in [1.54, 1.807) is 0 Å². The molecule has 0 atom stereocenters. The Kier molecular flexibility index (Phi) is 8.42. The molecule has 0 unspecified atom stereocenters. The molecule has 0 heterocycles. The van der Waals surface area contributed by atoms with Crippen LogP contribution in [0, 0.1) is 0 Å². The van der Waals surface area contributed by atoms with Gasteiger partial charge in [0.2, 0.25) is 0 Å². The van der Waals surface area contributed by atoms with Gasteiger partial charge in [0.25, 0.3) is 0 Å². The minimum absolute atomic E-state index is 0. The Labute approximate surface area is 107 Å². The topological polar surface area (TPSA) is 0 Å². The zero-order chi connectivity index (χ0) is 8.81. The fourth-order valence-corrected chi connectivity index (χ4v) is 1.72. The molecular formula is C10H13Br3. The first-order valence-electron chi connectivity index (χ1n) is 4.06. The van der Waals surface area contributed by atoms with Crippen molar-refractivity contribution in [2.24, 2.45) is 0 Å². The molecule has 3 heteroatoms. The van der Waals surface area contributed by atoms with Crippen LogP contribution in [0.4, 0.5) is 0 Å². The standard InChI is InChI=1S/C10H12Br2.BrH/c11-7-1-2-9-3-5-10(8-12)6-4-9;/h3-6H,1-2,7-8H2;1H. The summed E-state index contributed by atoms with van der Waals surface area (Å²) in [5.41, 5.74) is 2.77.